The Hall–Kier alpha value is -1.90. The molecule has 0 aliphatic heterocycles. The van der Waals surface area contributed by atoms with E-state index in [1.54, 1.807) is 14.1 Å². The standard InChI is InChI=1S/C13H16F3N5S/c1-7-9(18-8(2)22-7)6-17-12-19-10(13(14,15)16)5-11(20-12)21(3)4/h5H,6H2,1-4H3,(H,17,19,20). The van der Waals surface area contributed by atoms with Crippen molar-refractivity contribution >= 4 is 23.1 Å². The van der Waals surface area contributed by atoms with Gasteiger partial charge < -0.3 is 10.2 Å². The number of halogens is 3. The fourth-order valence-electron chi connectivity index (χ4n) is 1.79. The summed E-state index contributed by atoms with van der Waals surface area (Å²) in [5.41, 5.74) is -0.185. The number of aromatic nitrogens is 3. The van der Waals surface area contributed by atoms with E-state index in [2.05, 4.69) is 20.3 Å². The van der Waals surface area contributed by atoms with Gasteiger partial charge in [0.1, 0.15) is 5.82 Å². The summed E-state index contributed by atoms with van der Waals surface area (Å²) in [5, 5.41) is 3.73. The average molecular weight is 331 g/mol. The molecule has 0 atom stereocenters. The van der Waals surface area contributed by atoms with E-state index in [9.17, 15) is 13.2 Å². The lowest BCUT2D eigenvalue weighted by atomic mass is 10.3. The SMILES string of the molecule is Cc1nc(CNc2nc(N(C)C)cc(C(F)(F)F)n2)c(C)s1. The molecule has 2 aromatic rings. The number of nitrogens with zero attached hydrogens (tertiary/aromatic N) is 4. The van der Waals surface area contributed by atoms with Gasteiger partial charge in [0.25, 0.3) is 0 Å². The second-order valence-electron chi connectivity index (χ2n) is 4.92. The van der Waals surface area contributed by atoms with E-state index in [0.29, 0.717) is 0 Å². The minimum Gasteiger partial charge on any atom is -0.363 e. The molecule has 0 amide bonds. The Balaban J connectivity index is 2.26. The van der Waals surface area contributed by atoms with Gasteiger partial charge in [0.15, 0.2) is 5.69 Å². The summed E-state index contributed by atoms with van der Waals surface area (Å²) in [6.07, 6.45) is -4.52. The van der Waals surface area contributed by atoms with Crippen molar-refractivity contribution in [3.05, 3.63) is 27.3 Å². The predicted molar refractivity (Wildman–Crippen MR) is 80.3 cm³/mol. The van der Waals surface area contributed by atoms with Crippen LogP contribution in [0.1, 0.15) is 21.3 Å². The van der Waals surface area contributed by atoms with Gasteiger partial charge in [-0.1, -0.05) is 0 Å². The molecule has 0 unspecified atom stereocenters. The van der Waals surface area contributed by atoms with E-state index in [1.807, 2.05) is 13.8 Å². The third-order valence-electron chi connectivity index (χ3n) is 2.87. The minimum atomic E-state index is -4.52. The fraction of sp³-hybridized carbons (Fsp3) is 0.462. The van der Waals surface area contributed by atoms with Gasteiger partial charge in [-0.25, -0.2) is 9.97 Å². The maximum atomic E-state index is 12.9. The second kappa shape index (κ2) is 6.07. The van der Waals surface area contributed by atoms with Gasteiger partial charge in [0, 0.05) is 25.0 Å². The van der Waals surface area contributed by atoms with E-state index >= 15 is 0 Å². The molecule has 2 rings (SSSR count). The van der Waals surface area contributed by atoms with Crippen molar-refractivity contribution in [2.24, 2.45) is 0 Å². The summed E-state index contributed by atoms with van der Waals surface area (Å²) >= 11 is 1.54. The number of hydrogen-bond donors (Lipinski definition) is 1. The smallest absolute Gasteiger partial charge is 0.363 e. The Morgan fingerprint density at radius 3 is 2.36 bits per heavy atom. The summed E-state index contributed by atoms with van der Waals surface area (Å²) in [6.45, 7) is 4.08. The Morgan fingerprint density at radius 1 is 1.18 bits per heavy atom. The van der Waals surface area contributed by atoms with Gasteiger partial charge in [-0.3, -0.25) is 0 Å². The summed E-state index contributed by atoms with van der Waals surface area (Å²) in [4.78, 5) is 14.5. The third-order valence-corrected chi connectivity index (χ3v) is 3.80. The molecule has 0 radical (unpaired) electrons. The number of aryl methyl sites for hydroxylation is 2. The zero-order valence-corrected chi connectivity index (χ0v) is 13.4. The Morgan fingerprint density at radius 2 is 1.86 bits per heavy atom. The lowest BCUT2D eigenvalue weighted by molar-refractivity contribution is -0.141. The first-order chi connectivity index (χ1) is 10.2. The highest BCUT2D eigenvalue weighted by Gasteiger charge is 2.34. The molecule has 22 heavy (non-hydrogen) atoms. The van der Waals surface area contributed by atoms with Crippen LogP contribution in [0, 0.1) is 13.8 Å². The predicted octanol–water partition coefficient (Wildman–Crippen LogP) is 3.25. The van der Waals surface area contributed by atoms with Gasteiger partial charge in [-0.15, -0.1) is 11.3 Å². The number of thiazole rings is 1. The number of rotatable bonds is 4. The van der Waals surface area contributed by atoms with E-state index in [-0.39, 0.29) is 18.3 Å². The molecule has 0 aliphatic carbocycles. The van der Waals surface area contributed by atoms with Crippen molar-refractivity contribution in [2.45, 2.75) is 26.6 Å². The molecule has 0 spiro atoms. The fourth-order valence-corrected chi connectivity index (χ4v) is 2.62. The third kappa shape index (κ3) is 3.85. The maximum absolute atomic E-state index is 12.9. The molecule has 0 bridgehead atoms. The van der Waals surface area contributed by atoms with Crippen molar-refractivity contribution in [3.63, 3.8) is 0 Å². The molecule has 0 fully saturated rings. The summed E-state index contributed by atoms with van der Waals surface area (Å²) in [7, 11) is 3.25. The Labute approximate surface area is 130 Å². The molecule has 5 nitrogen and oxygen atoms in total. The average Bonchev–Trinajstić information content (AvgIpc) is 2.73. The highest BCUT2D eigenvalue weighted by molar-refractivity contribution is 7.11. The van der Waals surface area contributed by atoms with Gasteiger partial charge in [0.2, 0.25) is 5.95 Å². The van der Waals surface area contributed by atoms with Crippen LogP contribution in [0.2, 0.25) is 0 Å². The molecule has 0 saturated carbocycles. The quantitative estimate of drug-likeness (QED) is 0.932. The largest absolute Gasteiger partial charge is 0.433 e. The minimum absolute atomic E-state index is 0.0661. The summed E-state index contributed by atoms with van der Waals surface area (Å²) in [6, 6.07) is 0.920. The highest BCUT2D eigenvalue weighted by atomic mass is 32.1. The first-order valence-electron chi connectivity index (χ1n) is 6.47. The van der Waals surface area contributed by atoms with Crippen LogP contribution in [0.4, 0.5) is 24.9 Å². The number of nitrogens with one attached hydrogen (secondary N) is 1. The van der Waals surface area contributed by atoms with Crippen molar-refractivity contribution in [2.75, 3.05) is 24.3 Å². The molecular weight excluding hydrogens is 315 g/mol. The van der Waals surface area contributed by atoms with E-state index < -0.39 is 11.9 Å². The lowest BCUT2D eigenvalue weighted by Crippen LogP contribution is -2.17. The molecule has 2 aromatic heterocycles. The normalized spacial score (nSPS) is 11.6. The Kier molecular flexibility index (Phi) is 4.55. The monoisotopic (exact) mass is 331 g/mol. The molecular formula is C13H16F3N5S. The zero-order chi connectivity index (χ0) is 16.5. The molecule has 120 valence electrons. The first kappa shape index (κ1) is 16.5. The van der Waals surface area contributed by atoms with Crippen molar-refractivity contribution in [3.8, 4) is 0 Å². The van der Waals surface area contributed by atoms with E-state index in [1.165, 1.54) is 16.2 Å². The molecule has 0 aromatic carbocycles. The van der Waals surface area contributed by atoms with Crippen LogP contribution >= 0.6 is 11.3 Å². The molecule has 0 saturated heterocycles. The van der Waals surface area contributed by atoms with Gasteiger partial charge in [-0.2, -0.15) is 18.2 Å². The van der Waals surface area contributed by atoms with Crippen molar-refractivity contribution < 1.29 is 13.2 Å². The van der Waals surface area contributed by atoms with Crippen molar-refractivity contribution in [1.29, 1.82) is 0 Å². The number of alkyl halides is 3. The van der Waals surface area contributed by atoms with E-state index in [0.717, 1.165) is 21.6 Å². The summed E-state index contributed by atoms with van der Waals surface area (Å²) in [5.74, 6) is 0.125. The van der Waals surface area contributed by atoms with E-state index in [4.69, 9.17) is 0 Å². The van der Waals surface area contributed by atoms with Crippen LogP contribution in [0.5, 0.6) is 0 Å². The zero-order valence-electron chi connectivity index (χ0n) is 12.6. The topological polar surface area (TPSA) is 53.9 Å². The van der Waals surface area contributed by atoms with Crippen LogP contribution in [-0.2, 0) is 12.7 Å². The van der Waals surface area contributed by atoms with Crippen LogP contribution < -0.4 is 10.2 Å². The lowest BCUT2D eigenvalue weighted by Gasteiger charge is -2.15. The number of hydrogen-bond acceptors (Lipinski definition) is 6. The van der Waals surface area contributed by atoms with Crippen LogP contribution in [-0.4, -0.2) is 29.0 Å². The molecule has 9 heteroatoms. The van der Waals surface area contributed by atoms with Gasteiger partial charge >= 0.3 is 6.18 Å². The first-order valence-corrected chi connectivity index (χ1v) is 7.29. The van der Waals surface area contributed by atoms with Gasteiger partial charge in [-0.05, 0) is 13.8 Å². The molecule has 2 heterocycles. The van der Waals surface area contributed by atoms with Crippen molar-refractivity contribution in [1.82, 2.24) is 15.0 Å². The molecule has 1 N–H and O–H groups in total. The maximum Gasteiger partial charge on any atom is 0.433 e. The summed E-state index contributed by atoms with van der Waals surface area (Å²) < 4.78 is 38.7. The highest BCUT2D eigenvalue weighted by Crippen LogP contribution is 2.30. The Bertz CT molecular complexity index is 666. The second-order valence-corrected chi connectivity index (χ2v) is 6.32. The molecule has 0 aliphatic rings. The number of anilines is 2. The van der Waals surface area contributed by atoms with Crippen LogP contribution in [0.15, 0.2) is 6.07 Å². The van der Waals surface area contributed by atoms with Crippen LogP contribution in [0.25, 0.3) is 0 Å². The van der Waals surface area contributed by atoms with Gasteiger partial charge in [0.05, 0.1) is 17.2 Å². The van der Waals surface area contributed by atoms with Crippen LogP contribution in [0.3, 0.4) is 0 Å².